The standard InChI is InChI=1S/C26H24BrN3O4/c1-2-16-34-21-10-6-19(7-11-21)24(31)22-23(18-4-8-20(27)9-5-18)30(26(33)25(22)32)14-3-13-29-15-12-28-17-29/h2,4-12,15,17,23,31H,1,3,13-14,16H2. The molecule has 0 saturated carbocycles. The molecule has 3 aromatic rings. The molecule has 174 valence electrons. The first-order chi connectivity index (χ1) is 16.5. The third-order valence-corrected chi connectivity index (χ3v) is 6.12. The summed E-state index contributed by atoms with van der Waals surface area (Å²) in [6.07, 6.45) is 7.53. The van der Waals surface area contributed by atoms with Gasteiger partial charge in [0.25, 0.3) is 11.7 Å². The Balaban J connectivity index is 1.68. The van der Waals surface area contributed by atoms with Crippen molar-refractivity contribution in [3.8, 4) is 5.75 Å². The summed E-state index contributed by atoms with van der Waals surface area (Å²) in [5.41, 5.74) is 1.26. The van der Waals surface area contributed by atoms with Gasteiger partial charge in [-0.3, -0.25) is 9.59 Å². The second-order valence-corrected chi connectivity index (χ2v) is 8.74. The highest BCUT2D eigenvalue weighted by atomic mass is 79.9. The number of aryl methyl sites for hydroxylation is 1. The lowest BCUT2D eigenvalue weighted by molar-refractivity contribution is -0.139. The van der Waals surface area contributed by atoms with Gasteiger partial charge in [0.05, 0.1) is 17.9 Å². The molecule has 1 aliphatic heterocycles. The zero-order valence-corrected chi connectivity index (χ0v) is 20.0. The number of rotatable bonds is 9. The summed E-state index contributed by atoms with van der Waals surface area (Å²) in [5.74, 6) is -0.911. The van der Waals surface area contributed by atoms with Crippen molar-refractivity contribution in [2.75, 3.05) is 13.2 Å². The van der Waals surface area contributed by atoms with E-state index in [0.29, 0.717) is 37.4 Å². The van der Waals surface area contributed by atoms with Crippen LogP contribution in [0.5, 0.6) is 5.75 Å². The Morgan fingerprint density at radius 3 is 2.50 bits per heavy atom. The number of aliphatic hydroxyl groups excluding tert-OH is 1. The van der Waals surface area contributed by atoms with Gasteiger partial charge in [-0.25, -0.2) is 4.98 Å². The third-order valence-electron chi connectivity index (χ3n) is 5.60. The number of Topliss-reactive ketones (excluding diaryl/α,β-unsaturated/α-hetero) is 1. The summed E-state index contributed by atoms with van der Waals surface area (Å²) in [6.45, 7) is 4.99. The van der Waals surface area contributed by atoms with E-state index in [9.17, 15) is 14.7 Å². The monoisotopic (exact) mass is 521 g/mol. The zero-order valence-electron chi connectivity index (χ0n) is 18.4. The van der Waals surface area contributed by atoms with Crippen molar-refractivity contribution in [2.24, 2.45) is 0 Å². The molecule has 34 heavy (non-hydrogen) atoms. The molecule has 1 aliphatic rings. The number of halogens is 1. The number of ether oxygens (including phenoxy) is 1. The molecule has 1 atom stereocenters. The van der Waals surface area contributed by atoms with Gasteiger partial charge in [0.15, 0.2) is 0 Å². The van der Waals surface area contributed by atoms with Gasteiger partial charge in [-0.2, -0.15) is 0 Å². The van der Waals surface area contributed by atoms with Crippen LogP contribution in [0.4, 0.5) is 0 Å². The maximum absolute atomic E-state index is 13.1. The van der Waals surface area contributed by atoms with Crippen molar-refractivity contribution in [2.45, 2.75) is 19.0 Å². The second-order valence-electron chi connectivity index (χ2n) is 7.82. The first kappa shape index (κ1) is 23.5. The number of likely N-dealkylation sites (tertiary alicyclic amines) is 1. The number of benzene rings is 2. The molecule has 7 nitrogen and oxygen atoms in total. The number of amides is 1. The number of hydrogen-bond acceptors (Lipinski definition) is 5. The minimum Gasteiger partial charge on any atom is -0.507 e. The maximum Gasteiger partial charge on any atom is 0.295 e. The van der Waals surface area contributed by atoms with E-state index in [1.807, 2.05) is 35.0 Å². The lowest BCUT2D eigenvalue weighted by atomic mass is 9.95. The van der Waals surface area contributed by atoms with Gasteiger partial charge in [-0.15, -0.1) is 0 Å². The Morgan fingerprint density at radius 2 is 1.85 bits per heavy atom. The fourth-order valence-electron chi connectivity index (χ4n) is 3.96. The summed E-state index contributed by atoms with van der Waals surface area (Å²) < 4.78 is 8.29. The van der Waals surface area contributed by atoms with Gasteiger partial charge >= 0.3 is 0 Å². The maximum atomic E-state index is 13.1. The highest BCUT2D eigenvalue weighted by molar-refractivity contribution is 9.10. The summed E-state index contributed by atoms with van der Waals surface area (Å²) in [6, 6.07) is 13.5. The molecule has 1 fully saturated rings. The lowest BCUT2D eigenvalue weighted by Crippen LogP contribution is -2.31. The van der Waals surface area contributed by atoms with E-state index in [4.69, 9.17) is 4.74 Å². The Bertz CT molecular complexity index is 1200. The van der Waals surface area contributed by atoms with Crippen LogP contribution in [0.3, 0.4) is 0 Å². The van der Waals surface area contributed by atoms with Gasteiger partial charge in [0.2, 0.25) is 0 Å². The first-order valence-corrected chi connectivity index (χ1v) is 11.6. The molecular weight excluding hydrogens is 498 g/mol. The Hall–Kier alpha value is -3.65. The summed E-state index contributed by atoms with van der Waals surface area (Å²) in [7, 11) is 0. The molecule has 2 heterocycles. The number of carbonyl (C=O) groups is 2. The molecule has 1 saturated heterocycles. The number of ketones is 1. The summed E-state index contributed by atoms with van der Waals surface area (Å²) in [4.78, 5) is 31.7. The number of imidazole rings is 1. The average Bonchev–Trinajstić information content (AvgIpc) is 3.45. The van der Waals surface area contributed by atoms with E-state index < -0.39 is 17.7 Å². The van der Waals surface area contributed by atoms with Crippen LogP contribution in [-0.4, -0.2) is 44.4 Å². The van der Waals surface area contributed by atoms with Gasteiger partial charge in [0.1, 0.15) is 18.1 Å². The van der Waals surface area contributed by atoms with Crippen LogP contribution in [0.1, 0.15) is 23.6 Å². The molecule has 0 spiro atoms. The summed E-state index contributed by atoms with van der Waals surface area (Å²) >= 11 is 3.43. The van der Waals surface area contributed by atoms with Crippen molar-refractivity contribution in [1.82, 2.24) is 14.5 Å². The molecule has 1 unspecified atom stereocenters. The molecule has 2 aromatic carbocycles. The molecule has 1 aromatic heterocycles. The van der Waals surface area contributed by atoms with Crippen molar-refractivity contribution in [1.29, 1.82) is 0 Å². The minimum atomic E-state index is -0.694. The van der Waals surface area contributed by atoms with E-state index in [1.54, 1.807) is 42.9 Å². The number of hydrogen-bond donors (Lipinski definition) is 1. The molecule has 0 bridgehead atoms. The molecular formula is C26H24BrN3O4. The zero-order chi connectivity index (χ0) is 24.1. The van der Waals surface area contributed by atoms with Crippen LogP contribution < -0.4 is 4.74 Å². The van der Waals surface area contributed by atoms with E-state index in [-0.39, 0.29) is 11.3 Å². The quantitative estimate of drug-likeness (QED) is 0.190. The highest BCUT2D eigenvalue weighted by Gasteiger charge is 2.45. The van der Waals surface area contributed by atoms with Crippen molar-refractivity contribution >= 4 is 33.4 Å². The Kier molecular flexibility index (Phi) is 7.27. The number of aliphatic hydroxyl groups is 1. The van der Waals surface area contributed by atoms with Crippen LogP contribution >= 0.6 is 15.9 Å². The van der Waals surface area contributed by atoms with Crippen molar-refractivity contribution < 1.29 is 19.4 Å². The predicted octanol–water partition coefficient (Wildman–Crippen LogP) is 4.72. The number of carbonyl (C=O) groups excluding carboxylic acids is 2. The van der Waals surface area contributed by atoms with E-state index in [0.717, 1.165) is 10.0 Å². The fraction of sp³-hybridized carbons (Fsp3) is 0.192. The van der Waals surface area contributed by atoms with E-state index >= 15 is 0 Å². The number of aromatic nitrogens is 2. The Morgan fingerprint density at radius 1 is 1.12 bits per heavy atom. The number of nitrogens with zero attached hydrogens (tertiary/aromatic N) is 3. The fourth-order valence-corrected chi connectivity index (χ4v) is 4.23. The van der Waals surface area contributed by atoms with Gasteiger partial charge < -0.3 is 19.3 Å². The average molecular weight is 522 g/mol. The third kappa shape index (κ3) is 4.97. The van der Waals surface area contributed by atoms with Crippen LogP contribution in [0.2, 0.25) is 0 Å². The largest absolute Gasteiger partial charge is 0.507 e. The smallest absolute Gasteiger partial charge is 0.295 e. The van der Waals surface area contributed by atoms with Gasteiger partial charge in [-0.05, 0) is 48.4 Å². The van der Waals surface area contributed by atoms with Crippen LogP contribution in [-0.2, 0) is 16.1 Å². The normalized spacial score (nSPS) is 17.2. The van der Waals surface area contributed by atoms with Crippen molar-refractivity contribution in [3.05, 3.63) is 101 Å². The SMILES string of the molecule is C=CCOc1ccc(C(O)=C2C(=O)C(=O)N(CCCn3ccnc3)C2c2ccc(Br)cc2)cc1. The lowest BCUT2D eigenvalue weighted by Gasteiger charge is -2.25. The molecule has 1 amide bonds. The van der Waals surface area contributed by atoms with Crippen LogP contribution in [0.25, 0.3) is 5.76 Å². The highest BCUT2D eigenvalue weighted by Crippen LogP contribution is 2.40. The molecule has 0 radical (unpaired) electrons. The van der Waals surface area contributed by atoms with Gasteiger partial charge in [0, 0.05) is 35.5 Å². The Labute approximate surface area is 206 Å². The topological polar surface area (TPSA) is 84.7 Å². The minimum absolute atomic E-state index is 0.0784. The molecule has 4 rings (SSSR count). The summed E-state index contributed by atoms with van der Waals surface area (Å²) in [5, 5.41) is 11.2. The van der Waals surface area contributed by atoms with Crippen LogP contribution in [0, 0.1) is 0 Å². The predicted molar refractivity (Wildman–Crippen MR) is 132 cm³/mol. The molecule has 0 aliphatic carbocycles. The second kappa shape index (κ2) is 10.5. The van der Waals surface area contributed by atoms with Crippen molar-refractivity contribution in [3.63, 3.8) is 0 Å². The molecule has 8 heteroatoms. The molecule has 1 N–H and O–H groups in total. The van der Waals surface area contributed by atoms with Gasteiger partial charge in [-0.1, -0.05) is 40.7 Å². The first-order valence-electron chi connectivity index (χ1n) is 10.8. The van der Waals surface area contributed by atoms with Crippen LogP contribution in [0.15, 0.2) is 90.0 Å². The van der Waals surface area contributed by atoms with E-state index in [1.165, 1.54) is 4.90 Å². The van der Waals surface area contributed by atoms with E-state index in [2.05, 4.69) is 27.5 Å².